The smallest absolute Gasteiger partial charge is 0.254 e. The normalized spacial score (nSPS) is 15.1. The molecule has 3 rings (SSSR count). The van der Waals surface area contributed by atoms with E-state index in [2.05, 4.69) is 49.9 Å². The topological polar surface area (TPSA) is 32.8 Å². The van der Waals surface area contributed by atoms with E-state index in [4.69, 9.17) is 4.74 Å². The minimum absolute atomic E-state index is 0.0765. The number of hydrogen-bond acceptors (Lipinski definition) is 3. The molecule has 0 radical (unpaired) electrons. The van der Waals surface area contributed by atoms with Crippen LogP contribution < -0.4 is 9.64 Å². The number of carbonyl (C=O) groups excluding carboxylic acids is 1. The molecular formula is C22H28N2O2. The number of rotatable bonds is 3. The van der Waals surface area contributed by atoms with Crippen LogP contribution in [0.15, 0.2) is 48.5 Å². The molecule has 0 atom stereocenters. The van der Waals surface area contributed by atoms with Gasteiger partial charge in [0.25, 0.3) is 5.91 Å². The molecule has 1 amide bonds. The zero-order chi connectivity index (χ0) is 18.7. The number of benzene rings is 2. The number of ether oxygens (including phenoxy) is 1. The monoisotopic (exact) mass is 352 g/mol. The number of hydrogen-bond donors (Lipinski definition) is 0. The number of amides is 1. The largest absolute Gasteiger partial charge is 0.497 e. The van der Waals surface area contributed by atoms with Gasteiger partial charge in [-0.25, -0.2) is 0 Å². The summed E-state index contributed by atoms with van der Waals surface area (Å²) in [6.45, 7) is 9.89. The van der Waals surface area contributed by atoms with Crippen LogP contribution in [0.25, 0.3) is 0 Å². The fourth-order valence-corrected chi connectivity index (χ4v) is 3.47. The second kappa shape index (κ2) is 7.40. The fraction of sp³-hybridized carbons (Fsp3) is 0.409. The third-order valence-corrected chi connectivity index (χ3v) is 4.94. The van der Waals surface area contributed by atoms with Crippen molar-refractivity contribution >= 4 is 11.6 Å². The average Bonchev–Trinajstić information content (AvgIpc) is 2.67. The SMILES string of the molecule is COc1cccc(C(=O)N2CCN(c3ccccc3C(C)(C)C)CC2)c1. The second-order valence-corrected chi connectivity index (χ2v) is 7.78. The summed E-state index contributed by atoms with van der Waals surface area (Å²) in [5.41, 5.74) is 3.43. The molecule has 2 aromatic carbocycles. The number of piperazine rings is 1. The summed E-state index contributed by atoms with van der Waals surface area (Å²) < 4.78 is 5.23. The first-order chi connectivity index (χ1) is 12.4. The van der Waals surface area contributed by atoms with Crippen LogP contribution >= 0.6 is 0 Å². The molecule has 4 nitrogen and oxygen atoms in total. The Balaban J connectivity index is 1.71. The van der Waals surface area contributed by atoms with Gasteiger partial charge in [-0.1, -0.05) is 45.0 Å². The van der Waals surface area contributed by atoms with Gasteiger partial charge in [0, 0.05) is 37.4 Å². The van der Waals surface area contributed by atoms with E-state index in [0.29, 0.717) is 11.3 Å². The first kappa shape index (κ1) is 18.3. The second-order valence-electron chi connectivity index (χ2n) is 7.78. The van der Waals surface area contributed by atoms with Crippen LogP contribution in [0.2, 0.25) is 0 Å². The van der Waals surface area contributed by atoms with Gasteiger partial charge in [-0.05, 0) is 35.2 Å². The zero-order valence-corrected chi connectivity index (χ0v) is 16.2. The molecule has 1 aliphatic heterocycles. The van der Waals surface area contributed by atoms with Gasteiger partial charge in [0.15, 0.2) is 0 Å². The molecule has 1 saturated heterocycles. The highest BCUT2D eigenvalue weighted by molar-refractivity contribution is 5.94. The van der Waals surface area contributed by atoms with Crippen molar-refractivity contribution in [3.63, 3.8) is 0 Å². The maximum Gasteiger partial charge on any atom is 0.254 e. The Morgan fingerprint density at radius 1 is 0.962 bits per heavy atom. The Labute approximate surface area is 156 Å². The van der Waals surface area contributed by atoms with Crippen LogP contribution in [-0.4, -0.2) is 44.1 Å². The van der Waals surface area contributed by atoms with E-state index in [0.717, 1.165) is 26.2 Å². The maximum absolute atomic E-state index is 12.8. The van der Waals surface area contributed by atoms with Gasteiger partial charge in [0.1, 0.15) is 5.75 Å². The van der Waals surface area contributed by atoms with E-state index in [1.165, 1.54) is 11.3 Å². The van der Waals surface area contributed by atoms with Gasteiger partial charge in [-0.15, -0.1) is 0 Å². The van der Waals surface area contributed by atoms with E-state index in [9.17, 15) is 4.79 Å². The molecule has 0 bridgehead atoms. The third kappa shape index (κ3) is 3.85. The minimum Gasteiger partial charge on any atom is -0.497 e. The minimum atomic E-state index is 0.0765. The van der Waals surface area contributed by atoms with Crippen molar-refractivity contribution in [2.75, 3.05) is 38.2 Å². The van der Waals surface area contributed by atoms with Crippen LogP contribution in [0.4, 0.5) is 5.69 Å². The highest BCUT2D eigenvalue weighted by Crippen LogP contribution is 2.32. The molecule has 4 heteroatoms. The summed E-state index contributed by atoms with van der Waals surface area (Å²) in [5, 5.41) is 0. The van der Waals surface area contributed by atoms with Crippen molar-refractivity contribution in [3.05, 3.63) is 59.7 Å². The van der Waals surface area contributed by atoms with Crippen molar-refractivity contribution < 1.29 is 9.53 Å². The number of carbonyl (C=O) groups is 1. The Hall–Kier alpha value is -2.49. The third-order valence-electron chi connectivity index (χ3n) is 4.94. The standard InChI is InChI=1S/C22H28N2O2/c1-22(2,3)19-10-5-6-11-20(19)23-12-14-24(15-13-23)21(25)17-8-7-9-18(16-17)26-4/h5-11,16H,12-15H2,1-4H3. The predicted octanol–water partition coefficient (Wildman–Crippen LogP) is 3.96. The molecule has 0 unspecified atom stereocenters. The molecule has 0 aromatic heterocycles. The number of para-hydroxylation sites is 1. The lowest BCUT2D eigenvalue weighted by Gasteiger charge is -2.38. The molecule has 1 fully saturated rings. The summed E-state index contributed by atoms with van der Waals surface area (Å²) in [6, 6.07) is 16.0. The van der Waals surface area contributed by atoms with E-state index in [1.807, 2.05) is 29.2 Å². The summed E-state index contributed by atoms with van der Waals surface area (Å²) in [4.78, 5) is 17.1. The van der Waals surface area contributed by atoms with E-state index >= 15 is 0 Å². The summed E-state index contributed by atoms with van der Waals surface area (Å²) in [6.07, 6.45) is 0. The predicted molar refractivity (Wildman–Crippen MR) is 106 cm³/mol. The number of methoxy groups -OCH3 is 1. The number of anilines is 1. The molecule has 138 valence electrons. The molecule has 1 aliphatic rings. The Morgan fingerprint density at radius 3 is 2.31 bits per heavy atom. The highest BCUT2D eigenvalue weighted by Gasteiger charge is 2.26. The van der Waals surface area contributed by atoms with Crippen molar-refractivity contribution in [1.82, 2.24) is 4.90 Å². The van der Waals surface area contributed by atoms with Crippen molar-refractivity contribution in [3.8, 4) is 5.75 Å². The van der Waals surface area contributed by atoms with E-state index < -0.39 is 0 Å². The maximum atomic E-state index is 12.8. The van der Waals surface area contributed by atoms with Crippen molar-refractivity contribution in [2.24, 2.45) is 0 Å². The van der Waals surface area contributed by atoms with Gasteiger partial charge in [-0.2, -0.15) is 0 Å². The first-order valence-corrected chi connectivity index (χ1v) is 9.18. The van der Waals surface area contributed by atoms with Crippen LogP contribution in [0.5, 0.6) is 5.75 Å². The molecule has 0 aliphatic carbocycles. The lowest BCUT2D eigenvalue weighted by molar-refractivity contribution is 0.0746. The van der Waals surface area contributed by atoms with Crippen LogP contribution in [0.1, 0.15) is 36.7 Å². The van der Waals surface area contributed by atoms with Gasteiger partial charge in [-0.3, -0.25) is 4.79 Å². The lowest BCUT2D eigenvalue weighted by atomic mass is 9.85. The van der Waals surface area contributed by atoms with Gasteiger partial charge in [0.05, 0.1) is 7.11 Å². The first-order valence-electron chi connectivity index (χ1n) is 9.18. The van der Waals surface area contributed by atoms with E-state index in [-0.39, 0.29) is 11.3 Å². The van der Waals surface area contributed by atoms with Gasteiger partial charge >= 0.3 is 0 Å². The molecule has 0 N–H and O–H groups in total. The Morgan fingerprint density at radius 2 is 1.65 bits per heavy atom. The summed E-state index contributed by atoms with van der Waals surface area (Å²) in [7, 11) is 1.62. The van der Waals surface area contributed by atoms with Crippen LogP contribution in [0.3, 0.4) is 0 Å². The molecular weight excluding hydrogens is 324 g/mol. The van der Waals surface area contributed by atoms with Gasteiger partial charge < -0.3 is 14.5 Å². The summed E-state index contributed by atoms with van der Waals surface area (Å²) >= 11 is 0. The molecule has 0 saturated carbocycles. The van der Waals surface area contributed by atoms with Crippen LogP contribution in [-0.2, 0) is 5.41 Å². The molecule has 1 heterocycles. The summed E-state index contributed by atoms with van der Waals surface area (Å²) in [5.74, 6) is 0.793. The highest BCUT2D eigenvalue weighted by atomic mass is 16.5. The Kier molecular flexibility index (Phi) is 5.21. The number of nitrogens with zero attached hydrogens (tertiary/aromatic N) is 2. The molecule has 26 heavy (non-hydrogen) atoms. The van der Waals surface area contributed by atoms with E-state index in [1.54, 1.807) is 7.11 Å². The van der Waals surface area contributed by atoms with Crippen molar-refractivity contribution in [2.45, 2.75) is 26.2 Å². The fourth-order valence-electron chi connectivity index (χ4n) is 3.47. The lowest BCUT2D eigenvalue weighted by Crippen LogP contribution is -2.49. The van der Waals surface area contributed by atoms with Crippen molar-refractivity contribution in [1.29, 1.82) is 0 Å². The quantitative estimate of drug-likeness (QED) is 0.838. The van der Waals surface area contributed by atoms with Crippen LogP contribution in [0, 0.1) is 0 Å². The van der Waals surface area contributed by atoms with Gasteiger partial charge in [0.2, 0.25) is 0 Å². The molecule has 2 aromatic rings. The Bertz CT molecular complexity index is 772. The zero-order valence-electron chi connectivity index (χ0n) is 16.2. The average molecular weight is 352 g/mol. The molecule has 0 spiro atoms.